The predicted octanol–water partition coefficient (Wildman–Crippen LogP) is 6.31. The summed E-state index contributed by atoms with van der Waals surface area (Å²) in [6.07, 6.45) is 1.86. The summed E-state index contributed by atoms with van der Waals surface area (Å²) in [7, 11) is 1.60. The molecule has 0 radical (unpaired) electrons. The summed E-state index contributed by atoms with van der Waals surface area (Å²) in [5.41, 5.74) is -0.165. The SMILES string of the molecule is COc1ccc(CO[C@]2(c3ccc(Cl)cc3F)CC[C@@](O)(COc3ccc(F)c4c3CCC(=O)N4)CC2)cc1. The lowest BCUT2D eigenvalue weighted by atomic mass is 9.72. The van der Waals surface area contributed by atoms with E-state index < -0.39 is 22.8 Å². The number of benzene rings is 3. The first-order valence-corrected chi connectivity index (χ1v) is 13.3. The smallest absolute Gasteiger partial charge is 0.224 e. The summed E-state index contributed by atoms with van der Waals surface area (Å²) in [6.45, 7) is 0.213. The van der Waals surface area contributed by atoms with Gasteiger partial charge in [0.1, 0.15) is 29.7 Å². The molecule has 5 rings (SSSR count). The number of aliphatic hydroxyl groups is 1. The minimum absolute atomic E-state index is 0.0311. The van der Waals surface area contributed by atoms with Crippen molar-refractivity contribution in [1.82, 2.24) is 0 Å². The normalized spacial score (nSPS) is 22.6. The third-order valence-corrected chi connectivity index (χ3v) is 7.90. The van der Waals surface area contributed by atoms with Gasteiger partial charge in [-0.15, -0.1) is 0 Å². The lowest BCUT2D eigenvalue weighted by molar-refractivity contribution is -0.139. The molecule has 0 atom stereocenters. The van der Waals surface area contributed by atoms with Crippen LogP contribution in [0.15, 0.2) is 54.6 Å². The van der Waals surface area contributed by atoms with E-state index in [-0.39, 0.29) is 44.1 Å². The van der Waals surface area contributed by atoms with E-state index in [9.17, 15) is 14.3 Å². The van der Waals surface area contributed by atoms with Gasteiger partial charge in [-0.05, 0) is 74.1 Å². The van der Waals surface area contributed by atoms with E-state index in [1.165, 1.54) is 18.2 Å². The Bertz CT molecular complexity index is 1360. The molecule has 1 heterocycles. The molecule has 1 fully saturated rings. The zero-order chi connectivity index (χ0) is 27.6. The number of fused-ring (bicyclic) bond motifs is 1. The summed E-state index contributed by atoms with van der Waals surface area (Å²) in [6, 6.07) is 14.8. The van der Waals surface area contributed by atoms with Crippen LogP contribution in [0.1, 0.15) is 48.8 Å². The van der Waals surface area contributed by atoms with Crippen LogP contribution < -0.4 is 14.8 Å². The topological polar surface area (TPSA) is 77.0 Å². The molecule has 3 aromatic carbocycles. The van der Waals surface area contributed by atoms with Crippen molar-refractivity contribution in [3.05, 3.63) is 87.9 Å². The highest BCUT2D eigenvalue weighted by Crippen LogP contribution is 2.46. The summed E-state index contributed by atoms with van der Waals surface area (Å²) in [5, 5.41) is 14.3. The molecule has 206 valence electrons. The molecule has 9 heteroatoms. The fourth-order valence-corrected chi connectivity index (χ4v) is 5.49. The molecule has 1 aliphatic carbocycles. The molecule has 0 unspecified atom stereocenters. The maximum Gasteiger partial charge on any atom is 0.224 e. The molecule has 0 aromatic heterocycles. The first-order chi connectivity index (χ1) is 18.7. The molecule has 0 bridgehead atoms. The quantitative estimate of drug-likeness (QED) is 0.339. The van der Waals surface area contributed by atoms with Crippen molar-refractivity contribution in [3.8, 4) is 11.5 Å². The van der Waals surface area contributed by atoms with E-state index >= 15 is 4.39 Å². The maximum atomic E-state index is 15.2. The Labute approximate surface area is 230 Å². The molecular formula is C30H30ClF2NO5. The molecule has 0 spiro atoms. The van der Waals surface area contributed by atoms with E-state index in [0.717, 1.165) is 11.3 Å². The van der Waals surface area contributed by atoms with Gasteiger partial charge in [0.25, 0.3) is 0 Å². The number of halogens is 3. The van der Waals surface area contributed by atoms with Gasteiger partial charge in [0.05, 0.1) is 30.6 Å². The van der Waals surface area contributed by atoms with E-state index in [0.29, 0.717) is 41.2 Å². The lowest BCUT2D eigenvalue weighted by Crippen LogP contribution is -2.46. The summed E-state index contributed by atoms with van der Waals surface area (Å²) in [5.74, 6) is -0.0738. The fraction of sp³-hybridized carbons (Fsp3) is 0.367. The standard InChI is InChI=1S/C30H30ClF2NO5/c1-37-21-5-2-19(3-6-21)17-39-30(23-8-4-20(31)16-25(23)33)14-12-29(36,13-15-30)18-38-26-10-9-24(32)28-22(26)7-11-27(35)34-28/h2-6,8-10,16,36H,7,11-15,17-18H2,1H3,(H,34,35)/t29-,30+. The summed E-state index contributed by atoms with van der Waals surface area (Å²) >= 11 is 6.02. The van der Waals surface area contributed by atoms with Crippen LogP contribution in [0.2, 0.25) is 5.02 Å². The first-order valence-electron chi connectivity index (χ1n) is 12.9. The Hall–Kier alpha value is -3.20. The number of amides is 1. The number of ether oxygens (including phenoxy) is 3. The number of methoxy groups -OCH3 is 1. The van der Waals surface area contributed by atoms with Crippen molar-refractivity contribution in [2.24, 2.45) is 0 Å². The van der Waals surface area contributed by atoms with E-state index in [4.69, 9.17) is 25.8 Å². The zero-order valence-electron chi connectivity index (χ0n) is 21.6. The van der Waals surface area contributed by atoms with Crippen LogP contribution in [0.25, 0.3) is 0 Å². The zero-order valence-corrected chi connectivity index (χ0v) is 22.3. The van der Waals surface area contributed by atoms with Gasteiger partial charge in [-0.2, -0.15) is 0 Å². The second-order valence-corrected chi connectivity index (χ2v) is 10.7. The number of hydrogen-bond donors (Lipinski definition) is 2. The number of carbonyl (C=O) groups is 1. The molecule has 0 saturated heterocycles. The summed E-state index contributed by atoms with van der Waals surface area (Å²) in [4.78, 5) is 11.7. The number of carbonyl (C=O) groups excluding carboxylic acids is 1. The van der Waals surface area contributed by atoms with Crippen molar-refractivity contribution >= 4 is 23.2 Å². The van der Waals surface area contributed by atoms with Crippen LogP contribution >= 0.6 is 11.6 Å². The van der Waals surface area contributed by atoms with Crippen molar-refractivity contribution in [3.63, 3.8) is 0 Å². The van der Waals surface area contributed by atoms with Gasteiger partial charge in [-0.25, -0.2) is 8.78 Å². The molecule has 1 saturated carbocycles. The van der Waals surface area contributed by atoms with Crippen molar-refractivity contribution in [2.75, 3.05) is 19.0 Å². The number of nitrogens with one attached hydrogen (secondary N) is 1. The second-order valence-electron chi connectivity index (χ2n) is 10.2. The molecule has 39 heavy (non-hydrogen) atoms. The van der Waals surface area contributed by atoms with Gasteiger partial charge in [-0.1, -0.05) is 29.8 Å². The van der Waals surface area contributed by atoms with Gasteiger partial charge in [0.15, 0.2) is 0 Å². The third-order valence-electron chi connectivity index (χ3n) is 7.67. The highest BCUT2D eigenvalue weighted by molar-refractivity contribution is 6.30. The molecule has 1 aliphatic heterocycles. The number of hydrogen-bond acceptors (Lipinski definition) is 5. The van der Waals surface area contributed by atoms with Crippen LogP contribution in [-0.4, -0.2) is 30.3 Å². The molecule has 2 N–H and O–H groups in total. The highest BCUT2D eigenvalue weighted by atomic mass is 35.5. The van der Waals surface area contributed by atoms with Gasteiger partial charge in [-0.3, -0.25) is 4.79 Å². The Morgan fingerprint density at radius 2 is 1.72 bits per heavy atom. The van der Waals surface area contributed by atoms with Gasteiger partial charge < -0.3 is 24.6 Å². The lowest BCUT2D eigenvalue weighted by Gasteiger charge is -2.44. The van der Waals surface area contributed by atoms with Crippen molar-refractivity contribution in [1.29, 1.82) is 0 Å². The Morgan fingerprint density at radius 3 is 2.41 bits per heavy atom. The second kappa shape index (κ2) is 11.1. The van der Waals surface area contributed by atoms with Crippen molar-refractivity contribution < 1.29 is 32.9 Å². The Kier molecular flexibility index (Phi) is 7.80. The molecule has 1 amide bonds. The predicted molar refractivity (Wildman–Crippen MR) is 143 cm³/mol. The molecule has 2 aliphatic rings. The highest BCUT2D eigenvalue weighted by Gasteiger charge is 2.45. The minimum atomic E-state index is -1.20. The van der Waals surface area contributed by atoms with Crippen LogP contribution in [0.5, 0.6) is 11.5 Å². The van der Waals surface area contributed by atoms with Crippen LogP contribution in [0, 0.1) is 11.6 Å². The monoisotopic (exact) mass is 557 g/mol. The average Bonchev–Trinajstić information content (AvgIpc) is 2.93. The minimum Gasteiger partial charge on any atom is -0.497 e. The molecule has 6 nitrogen and oxygen atoms in total. The van der Waals surface area contributed by atoms with Crippen LogP contribution in [0.4, 0.5) is 14.5 Å². The van der Waals surface area contributed by atoms with Crippen molar-refractivity contribution in [2.45, 2.75) is 56.3 Å². The average molecular weight is 558 g/mol. The van der Waals surface area contributed by atoms with Gasteiger partial charge in [0.2, 0.25) is 5.91 Å². The summed E-state index contributed by atoms with van der Waals surface area (Å²) < 4.78 is 47.1. The van der Waals surface area contributed by atoms with Crippen LogP contribution in [-0.2, 0) is 28.2 Å². The molecular weight excluding hydrogens is 528 g/mol. The first kappa shape index (κ1) is 27.4. The Balaban J connectivity index is 1.32. The fourth-order valence-electron chi connectivity index (χ4n) is 5.33. The maximum absolute atomic E-state index is 15.2. The number of anilines is 1. The largest absolute Gasteiger partial charge is 0.497 e. The van der Waals surface area contributed by atoms with Gasteiger partial charge in [0, 0.05) is 22.6 Å². The van der Waals surface area contributed by atoms with Gasteiger partial charge >= 0.3 is 0 Å². The third kappa shape index (κ3) is 5.88. The van der Waals surface area contributed by atoms with Crippen LogP contribution in [0.3, 0.4) is 0 Å². The van der Waals surface area contributed by atoms with E-state index in [1.807, 2.05) is 24.3 Å². The Morgan fingerprint density at radius 1 is 0.974 bits per heavy atom. The molecule has 3 aromatic rings. The number of rotatable bonds is 8. The van der Waals surface area contributed by atoms with E-state index in [2.05, 4.69) is 5.32 Å². The van der Waals surface area contributed by atoms with E-state index in [1.54, 1.807) is 19.2 Å².